The van der Waals surface area contributed by atoms with Crippen LogP contribution in [0, 0.1) is 5.82 Å². The zero-order chi connectivity index (χ0) is 14.2. The number of rotatable bonds is 3. The summed E-state index contributed by atoms with van der Waals surface area (Å²) in [6, 6.07) is 3.15. The van der Waals surface area contributed by atoms with Crippen molar-refractivity contribution in [3.63, 3.8) is 0 Å². The standard InChI is InChI=1S/C13H19BrFN3O/c1-17(2)6-8-3-9(19)7-18(8)13-5-11(15)10(14)4-12(13)16/h4-5,8-9,19H,3,6-7,16H2,1-2H3. The predicted molar refractivity (Wildman–Crippen MR) is 78.8 cm³/mol. The first-order valence-corrected chi connectivity index (χ1v) is 7.01. The van der Waals surface area contributed by atoms with Gasteiger partial charge in [0, 0.05) is 25.2 Å². The fourth-order valence-corrected chi connectivity index (χ4v) is 2.94. The highest BCUT2D eigenvalue weighted by Gasteiger charge is 2.32. The Kier molecular flexibility index (Phi) is 4.32. The van der Waals surface area contributed by atoms with Crippen molar-refractivity contribution in [3.8, 4) is 0 Å². The predicted octanol–water partition coefficient (Wildman–Crippen LogP) is 1.67. The maximum Gasteiger partial charge on any atom is 0.139 e. The lowest BCUT2D eigenvalue weighted by Gasteiger charge is -2.29. The maximum atomic E-state index is 13.7. The molecule has 1 saturated heterocycles. The molecule has 3 N–H and O–H groups in total. The molecule has 2 atom stereocenters. The Morgan fingerprint density at radius 3 is 2.84 bits per heavy atom. The molecule has 0 radical (unpaired) electrons. The highest BCUT2D eigenvalue weighted by molar-refractivity contribution is 9.10. The molecule has 1 fully saturated rings. The van der Waals surface area contributed by atoms with Crippen LogP contribution in [0.3, 0.4) is 0 Å². The first kappa shape index (κ1) is 14.6. The van der Waals surface area contributed by atoms with Gasteiger partial charge in [-0.2, -0.15) is 0 Å². The van der Waals surface area contributed by atoms with Crippen LogP contribution in [-0.4, -0.2) is 49.3 Å². The largest absolute Gasteiger partial charge is 0.397 e. The van der Waals surface area contributed by atoms with Gasteiger partial charge in [0.25, 0.3) is 0 Å². The van der Waals surface area contributed by atoms with E-state index < -0.39 is 6.10 Å². The van der Waals surface area contributed by atoms with E-state index in [2.05, 4.69) is 20.8 Å². The smallest absolute Gasteiger partial charge is 0.139 e. The third-order valence-electron chi connectivity index (χ3n) is 3.35. The Hall–Kier alpha value is -0.850. The second-order valence-electron chi connectivity index (χ2n) is 5.28. The molecule has 2 unspecified atom stereocenters. The quantitative estimate of drug-likeness (QED) is 0.827. The second kappa shape index (κ2) is 5.64. The van der Waals surface area contributed by atoms with Gasteiger partial charge in [0.1, 0.15) is 5.82 Å². The molecule has 6 heteroatoms. The molecular formula is C13H19BrFN3O. The molecule has 4 nitrogen and oxygen atoms in total. The SMILES string of the molecule is CN(C)CC1CC(O)CN1c1cc(F)c(Br)cc1N. The summed E-state index contributed by atoms with van der Waals surface area (Å²) in [7, 11) is 3.96. The lowest BCUT2D eigenvalue weighted by Crippen LogP contribution is -2.38. The van der Waals surface area contributed by atoms with E-state index >= 15 is 0 Å². The first-order chi connectivity index (χ1) is 8.88. The molecule has 0 amide bonds. The van der Waals surface area contributed by atoms with Crippen molar-refractivity contribution < 1.29 is 9.50 Å². The number of nitrogen functional groups attached to an aromatic ring is 1. The topological polar surface area (TPSA) is 52.7 Å². The van der Waals surface area contributed by atoms with Crippen molar-refractivity contribution >= 4 is 27.3 Å². The summed E-state index contributed by atoms with van der Waals surface area (Å²) in [5.74, 6) is -0.339. The average molecular weight is 332 g/mol. The van der Waals surface area contributed by atoms with Crippen LogP contribution < -0.4 is 10.6 Å². The Bertz CT molecular complexity index is 469. The van der Waals surface area contributed by atoms with E-state index in [1.54, 1.807) is 6.07 Å². The van der Waals surface area contributed by atoms with E-state index in [-0.39, 0.29) is 11.9 Å². The van der Waals surface area contributed by atoms with Crippen LogP contribution in [0.5, 0.6) is 0 Å². The Balaban J connectivity index is 2.31. The van der Waals surface area contributed by atoms with Crippen LogP contribution in [0.4, 0.5) is 15.8 Å². The van der Waals surface area contributed by atoms with Crippen molar-refractivity contribution in [2.75, 3.05) is 37.8 Å². The van der Waals surface area contributed by atoms with Crippen molar-refractivity contribution in [2.45, 2.75) is 18.6 Å². The van der Waals surface area contributed by atoms with Crippen LogP contribution in [0.15, 0.2) is 16.6 Å². The van der Waals surface area contributed by atoms with Crippen LogP contribution in [0.25, 0.3) is 0 Å². The molecule has 2 rings (SSSR count). The van der Waals surface area contributed by atoms with Crippen LogP contribution in [0.2, 0.25) is 0 Å². The minimum Gasteiger partial charge on any atom is -0.397 e. The molecule has 0 aliphatic carbocycles. The van der Waals surface area contributed by atoms with Crippen molar-refractivity contribution in [1.29, 1.82) is 0 Å². The normalized spacial score (nSPS) is 23.4. The van der Waals surface area contributed by atoms with E-state index in [9.17, 15) is 9.50 Å². The number of likely N-dealkylation sites (N-methyl/N-ethyl adjacent to an activating group) is 1. The van der Waals surface area contributed by atoms with Gasteiger partial charge in [-0.05, 0) is 42.5 Å². The molecule has 0 aromatic heterocycles. The summed E-state index contributed by atoms with van der Waals surface area (Å²) in [5, 5.41) is 9.85. The lowest BCUT2D eigenvalue weighted by molar-refractivity contribution is 0.191. The number of hydrogen-bond donors (Lipinski definition) is 2. The van der Waals surface area contributed by atoms with Crippen LogP contribution in [0.1, 0.15) is 6.42 Å². The van der Waals surface area contributed by atoms with Crippen molar-refractivity contribution in [1.82, 2.24) is 4.90 Å². The molecule has 0 saturated carbocycles. The summed E-state index contributed by atoms with van der Waals surface area (Å²) in [6.45, 7) is 1.29. The highest BCUT2D eigenvalue weighted by atomic mass is 79.9. The zero-order valence-corrected chi connectivity index (χ0v) is 12.7. The third-order valence-corrected chi connectivity index (χ3v) is 3.95. The second-order valence-corrected chi connectivity index (χ2v) is 6.14. The summed E-state index contributed by atoms with van der Waals surface area (Å²) in [6.07, 6.45) is 0.283. The fraction of sp³-hybridized carbons (Fsp3) is 0.538. The van der Waals surface area contributed by atoms with Crippen LogP contribution >= 0.6 is 15.9 Å². The lowest BCUT2D eigenvalue weighted by atomic mass is 10.1. The molecule has 0 bridgehead atoms. The molecule has 1 aromatic rings. The summed E-state index contributed by atoms with van der Waals surface area (Å²) in [5.41, 5.74) is 7.15. The van der Waals surface area contributed by atoms with Crippen molar-refractivity contribution in [3.05, 3.63) is 22.4 Å². The Labute approximate surface area is 121 Å². The minimum absolute atomic E-state index is 0.146. The van der Waals surface area contributed by atoms with Gasteiger partial charge in [-0.15, -0.1) is 0 Å². The zero-order valence-electron chi connectivity index (χ0n) is 11.1. The van der Waals surface area contributed by atoms with Gasteiger partial charge in [0.2, 0.25) is 0 Å². The fourth-order valence-electron chi connectivity index (χ4n) is 2.58. The number of anilines is 2. The van der Waals surface area contributed by atoms with Gasteiger partial charge < -0.3 is 20.6 Å². The van der Waals surface area contributed by atoms with Gasteiger partial charge >= 0.3 is 0 Å². The summed E-state index contributed by atoms with van der Waals surface area (Å²) < 4.78 is 14.1. The number of nitrogens with zero attached hydrogens (tertiary/aromatic N) is 2. The monoisotopic (exact) mass is 331 g/mol. The number of benzene rings is 1. The first-order valence-electron chi connectivity index (χ1n) is 6.22. The van der Waals surface area contributed by atoms with E-state index in [0.29, 0.717) is 28.8 Å². The van der Waals surface area contributed by atoms with Gasteiger partial charge in [-0.25, -0.2) is 4.39 Å². The minimum atomic E-state index is -0.393. The Morgan fingerprint density at radius 2 is 2.21 bits per heavy atom. The van der Waals surface area contributed by atoms with E-state index in [1.165, 1.54) is 6.07 Å². The third kappa shape index (κ3) is 3.19. The number of aliphatic hydroxyl groups is 1. The summed E-state index contributed by atoms with van der Waals surface area (Å²) >= 11 is 3.12. The number of β-amino-alcohol motifs (C(OH)–C–C–N with tert-alkyl or cyclic N) is 1. The number of hydrogen-bond acceptors (Lipinski definition) is 4. The number of aliphatic hydroxyl groups excluding tert-OH is 1. The molecule has 1 aromatic carbocycles. The molecule has 1 aliphatic rings. The number of nitrogens with two attached hydrogens (primary N) is 1. The molecular weight excluding hydrogens is 313 g/mol. The van der Waals surface area contributed by atoms with E-state index in [0.717, 1.165) is 6.54 Å². The van der Waals surface area contributed by atoms with Gasteiger partial charge in [-0.3, -0.25) is 0 Å². The molecule has 0 spiro atoms. The van der Waals surface area contributed by atoms with Gasteiger partial charge in [0.05, 0.1) is 22.0 Å². The van der Waals surface area contributed by atoms with Gasteiger partial charge in [-0.1, -0.05) is 0 Å². The number of halogens is 2. The Morgan fingerprint density at radius 1 is 1.53 bits per heavy atom. The van der Waals surface area contributed by atoms with E-state index in [4.69, 9.17) is 5.73 Å². The van der Waals surface area contributed by atoms with E-state index in [1.807, 2.05) is 19.0 Å². The molecule has 19 heavy (non-hydrogen) atoms. The molecule has 1 heterocycles. The maximum absolute atomic E-state index is 13.7. The van der Waals surface area contributed by atoms with Gasteiger partial charge in [0.15, 0.2) is 0 Å². The average Bonchev–Trinajstić information content (AvgIpc) is 2.63. The molecule has 106 valence electrons. The summed E-state index contributed by atoms with van der Waals surface area (Å²) in [4.78, 5) is 4.05. The van der Waals surface area contributed by atoms with Crippen molar-refractivity contribution in [2.24, 2.45) is 0 Å². The highest BCUT2D eigenvalue weighted by Crippen LogP contribution is 2.34. The van der Waals surface area contributed by atoms with Crippen LogP contribution in [-0.2, 0) is 0 Å². The molecule has 1 aliphatic heterocycles.